The summed E-state index contributed by atoms with van der Waals surface area (Å²) in [5.41, 5.74) is 0.974. The van der Waals surface area contributed by atoms with E-state index in [4.69, 9.17) is 4.74 Å². The van der Waals surface area contributed by atoms with Crippen molar-refractivity contribution in [2.45, 2.75) is 32.9 Å². The molecular formula is C11H19NO2. The van der Waals surface area contributed by atoms with E-state index in [-0.39, 0.29) is 0 Å². The predicted octanol–water partition coefficient (Wildman–Crippen LogP) is 1.97. The number of ether oxygens (including phenoxy) is 1. The Balaban J connectivity index is 2.38. The molecule has 0 aliphatic rings. The van der Waals surface area contributed by atoms with Crippen molar-refractivity contribution in [3.63, 3.8) is 0 Å². The van der Waals surface area contributed by atoms with Crippen molar-refractivity contribution in [3.05, 3.63) is 24.0 Å². The van der Waals surface area contributed by atoms with Crippen molar-refractivity contribution in [1.29, 1.82) is 0 Å². The maximum absolute atomic E-state index is 9.44. The summed E-state index contributed by atoms with van der Waals surface area (Å²) in [6, 6.07) is 3.91. The van der Waals surface area contributed by atoms with Crippen molar-refractivity contribution < 1.29 is 9.84 Å². The summed E-state index contributed by atoms with van der Waals surface area (Å²) < 4.78 is 7.33. The number of hydrogen-bond acceptors (Lipinski definition) is 2. The molecule has 0 amide bonds. The fourth-order valence-corrected chi connectivity index (χ4v) is 1.49. The summed E-state index contributed by atoms with van der Waals surface area (Å²) in [7, 11) is 0. The van der Waals surface area contributed by atoms with Crippen LogP contribution in [-0.2, 0) is 11.3 Å². The van der Waals surface area contributed by atoms with E-state index < -0.39 is 6.10 Å². The van der Waals surface area contributed by atoms with Crippen LogP contribution in [0.1, 0.15) is 32.1 Å². The molecule has 0 aromatic carbocycles. The van der Waals surface area contributed by atoms with Gasteiger partial charge in [-0.15, -0.1) is 0 Å². The molecule has 0 saturated carbocycles. The number of rotatable bonds is 6. The quantitative estimate of drug-likeness (QED) is 0.707. The van der Waals surface area contributed by atoms with Crippen LogP contribution in [0.15, 0.2) is 18.3 Å². The van der Waals surface area contributed by atoms with Gasteiger partial charge in [-0.2, -0.15) is 0 Å². The highest BCUT2D eigenvalue weighted by atomic mass is 16.5. The van der Waals surface area contributed by atoms with Gasteiger partial charge in [0, 0.05) is 31.6 Å². The molecule has 1 N–H and O–H groups in total. The van der Waals surface area contributed by atoms with Gasteiger partial charge in [0.15, 0.2) is 0 Å². The first-order valence-electron chi connectivity index (χ1n) is 5.16. The molecule has 80 valence electrons. The third-order valence-corrected chi connectivity index (χ3v) is 2.18. The number of aliphatic hydroxyl groups excluding tert-OH is 1. The fraction of sp³-hybridized carbons (Fsp3) is 0.636. The molecule has 1 atom stereocenters. The number of hydrogen-bond donors (Lipinski definition) is 1. The molecular weight excluding hydrogens is 178 g/mol. The molecule has 0 radical (unpaired) electrons. The van der Waals surface area contributed by atoms with Gasteiger partial charge >= 0.3 is 0 Å². The molecule has 1 unspecified atom stereocenters. The standard InChI is InChI=1S/C11H19NO2/c1-3-14-9-5-8-12-7-4-6-11(12)10(2)13/h4,6-7,10,13H,3,5,8-9H2,1-2H3. The normalized spacial score (nSPS) is 13.1. The average Bonchev–Trinajstić information content (AvgIpc) is 2.60. The lowest BCUT2D eigenvalue weighted by atomic mass is 10.3. The third-order valence-electron chi connectivity index (χ3n) is 2.18. The van der Waals surface area contributed by atoms with Gasteiger partial charge in [-0.1, -0.05) is 0 Å². The Morgan fingerprint density at radius 3 is 3.00 bits per heavy atom. The second kappa shape index (κ2) is 5.83. The second-order valence-electron chi connectivity index (χ2n) is 3.35. The van der Waals surface area contributed by atoms with Crippen LogP contribution in [0.25, 0.3) is 0 Å². The Morgan fingerprint density at radius 2 is 2.36 bits per heavy atom. The Kier molecular flexibility index (Phi) is 4.70. The van der Waals surface area contributed by atoms with E-state index in [1.807, 2.05) is 25.3 Å². The van der Waals surface area contributed by atoms with Crippen molar-refractivity contribution >= 4 is 0 Å². The maximum Gasteiger partial charge on any atom is 0.0911 e. The number of aryl methyl sites for hydroxylation is 1. The summed E-state index contributed by atoms with van der Waals surface area (Å²) in [6.45, 7) is 6.25. The van der Waals surface area contributed by atoms with Crippen LogP contribution in [0.4, 0.5) is 0 Å². The molecule has 1 rings (SSSR count). The van der Waals surface area contributed by atoms with Crippen LogP contribution in [0.3, 0.4) is 0 Å². The Bertz CT molecular complexity index is 256. The molecule has 0 saturated heterocycles. The SMILES string of the molecule is CCOCCCn1cccc1C(C)O. The lowest BCUT2D eigenvalue weighted by Gasteiger charge is -2.10. The summed E-state index contributed by atoms with van der Waals surface area (Å²) in [5, 5.41) is 9.44. The molecule has 1 aromatic heterocycles. The van der Waals surface area contributed by atoms with Crippen LogP contribution < -0.4 is 0 Å². The monoisotopic (exact) mass is 197 g/mol. The average molecular weight is 197 g/mol. The molecule has 3 nitrogen and oxygen atoms in total. The van der Waals surface area contributed by atoms with Gasteiger partial charge in [-0.3, -0.25) is 0 Å². The van der Waals surface area contributed by atoms with E-state index in [2.05, 4.69) is 4.57 Å². The Morgan fingerprint density at radius 1 is 1.57 bits per heavy atom. The van der Waals surface area contributed by atoms with Crippen LogP contribution in [0.2, 0.25) is 0 Å². The van der Waals surface area contributed by atoms with E-state index in [9.17, 15) is 5.11 Å². The molecule has 0 aliphatic heterocycles. The molecule has 0 aliphatic carbocycles. The smallest absolute Gasteiger partial charge is 0.0911 e. The molecule has 3 heteroatoms. The first-order chi connectivity index (χ1) is 6.75. The predicted molar refractivity (Wildman–Crippen MR) is 56.2 cm³/mol. The van der Waals surface area contributed by atoms with Crippen molar-refractivity contribution in [2.75, 3.05) is 13.2 Å². The molecule has 1 heterocycles. The topological polar surface area (TPSA) is 34.4 Å². The zero-order valence-corrected chi connectivity index (χ0v) is 8.94. The lowest BCUT2D eigenvalue weighted by molar-refractivity contribution is 0.139. The minimum absolute atomic E-state index is 0.392. The van der Waals surface area contributed by atoms with E-state index in [0.717, 1.165) is 31.9 Å². The van der Waals surface area contributed by atoms with E-state index in [1.54, 1.807) is 6.92 Å². The Hall–Kier alpha value is -0.800. The number of aromatic nitrogens is 1. The number of aliphatic hydroxyl groups is 1. The molecule has 0 bridgehead atoms. The number of nitrogens with zero attached hydrogens (tertiary/aromatic N) is 1. The highest BCUT2D eigenvalue weighted by Crippen LogP contribution is 2.12. The summed E-state index contributed by atoms with van der Waals surface area (Å²) >= 11 is 0. The van der Waals surface area contributed by atoms with Crippen molar-refractivity contribution in [1.82, 2.24) is 4.57 Å². The molecule has 1 aromatic rings. The van der Waals surface area contributed by atoms with Crippen LogP contribution >= 0.6 is 0 Å². The van der Waals surface area contributed by atoms with Gasteiger partial charge in [0.2, 0.25) is 0 Å². The zero-order valence-electron chi connectivity index (χ0n) is 8.94. The fourth-order valence-electron chi connectivity index (χ4n) is 1.49. The second-order valence-corrected chi connectivity index (χ2v) is 3.35. The van der Waals surface area contributed by atoms with E-state index in [1.165, 1.54) is 0 Å². The van der Waals surface area contributed by atoms with Gasteiger partial charge in [0.1, 0.15) is 0 Å². The summed E-state index contributed by atoms with van der Waals surface area (Å²) in [5.74, 6) is 0. The Labute approximate surface area is 85.3 Å². The van der Waals surface area contributed by atoms with Gasteiger partial charge in [0.25, 0.3) is 0 Å². The molecule has 0 fully saturated rings. The maximum atomic E-state index is 9.44. The van der Waals surface area contributed by atoms with Gasteiger partial charge < -0.3 is 14.4 Å². The van der Waals surface area contributed by atoms with Crippen LogP contribution in [0.5, 0.6) is 0 Å². The lowest BCUT2D eigenvalue weighted by Crippen LogP contribution is -2.07. The minimum Gasteiger partial charge on any atom is -0.387 e. The molecule has 14 heavy (non-hydrogen) atoms. The van der Waals surface area contributed by atoms with Crippen LogP contribution in [-0.4, -0.2) is 22.9 Å². The zero-order chi connectivity index (χ0) is 10.4. The summed E-state index contributed by atoms with van der Waals surface area (Å²) in [6.07, 6.45) is 2.59. The first-order valence-corrected chi connectivity index (χ1v) is 5.16. The van der Waals surface area contributed by atoms with Crippen LogP contribution in [0, 0.1) is 0 Å². The van der Waals surface area contributed by atoms with E-state index >= 15 is 0 Å². The third kappa shape index (κ3) is 3.16. The van der Waals surface area contributed by atoms with Crippen molar-refractivity contribution in [2.24, 2.45) is 0 Å². The minimum atomic E-state index is -0.392. The highest BCUT2D eigenvalue weighted by molar-refractivity contribution is 5.09. The first kappa shape index (κ1) is 11.3. The summed E-state index contributed by atoms with van der Waals surface area (Å²) in [4.78, 5) is 0. The van der Waals surface area contributed by atoms with Gasteiger partial charge in [-0.25, -0.2) is 0 Å². The highest BCUT2D eigenvalue weighted by Gasteiger charge is 2.05. The van der Waals surface area contributed by atoms with Gasteiger partial charge in [0.05, 0.1) is 6.10 Å². The van der Waals surface area contributed by atoms with Gasteiger partial charge in [-0.05, 0) is 32.4 Å². The largest absolute Gasteiger partial charge is 0.387 e. The molecule has 0 spiro atoms. The van der Waals surface area contributed by atoms with Crippen molar-refractivity contribution in [3.8, 4) is 0 Å². The van der Waals surface area contributed by atoms with E-state index in [0.29, 0.717) is 0 Å².